The summed E-state index contributed by atoms with van der Waals surface area (Å²) >= 11 is 3.66. The van der Waals surface area contributed by atoms with E-state index in [1.165, 1.54) is 5.56 Å². The van der Waals surface area contributed by atoms with Gasteiger partial charge in [-0.05, 0) is 24.5 Å². The van der Waals surface area contributed by atoms with E-state index in [9.17, 15) is 4.79 Å². The molecule has 2 N–H and O–H groups in total. The summed E-state index contributed by atoms with van der Waals surface area (Å²) in [4.78, 5) is 17.7. The largest absolute Gasteiger partial charge is 0.383 e. The van der Waals surface area contributed by atoms with Crippen molar-refractivity contribution in [1.82, 2.24) is 15.5 Å². The van der Waals surface area contributed by atoms with Crippen molar-refractivity contribution in [2.24, 2.45) is 4.99 Å². The molecule has 0 aliphatic heterocycles. The third-order valence-corrected chi connectivity index (χ3v) is 5.05. The van der Waals surface area contributed by atoms with Crippen molar-refractivity contribution in [2.45, 2.75) is 18.3 Å². The number of rotatable bonds is 8. The molecule has 6 nitrogen and oxygen atoms in total. The van der Waals surface area contributed by atoms with E-state index in [1.54, 1.807) is 26.1 Å². The fourth-order valence-corrected chi connectivity index (χ4v) is 3.28. The van der Waals surface area contributed by atoms with Gasteiger partial charge >= 0.3 is 0 Å². The Balaban J connectivity index is 2.00. The lowest BCUT2D eigenvalue weighted by atomic mass is 9.96. The molecule has 0 heterocycles. The molecular formula is C18H27BrN4O2. The number of carbonyl (C=O) groups is 1. The predicted molar refractivity (Wildman–Crippen MR) is 104 cm³/mol. The molecule has 1 aromatic rings. The second-order valence-corrected chi connectivity index (χ2v) is 7.34. The fourth-order valence-electron chi connectivity index (χ4n) is 2.57. The lowest BCUT2D eigenvalue weighted by Crippen LogP contribution is -2.43. The average Bonchev–Trinajstić information content (AvgIpc) is 3.38. The third-order valence-electron chi connectivity index (χ3n) is 4.36. The van der Waals surface area contributed by atoms with Crippen LogP contribution in [0.5, 0.6) is 0 Å². The number of hydrogen-bond donors (Lipinski definition) is 2. The topological polar surface area (TPSA) is 66.0 Å². The maximum atomic E-state index is 11.8. The summed E-state index contributed by atoms with van der Waals surface area (Å²) in [6.45, 7) is 2.13. The van der Waals surface area contributed by atoms with Crippen LogP contribution in [0.2, 0.25) is 0 Å². The molecule has 0 unspecified atom stereocenters. The van der Waals surface area contributed by atoms with Crippen LogP contribution in [0.3, 0.4) is 0 Å². The number of benzene rings is 1. The first kappa shape index (κ1) is 19.7. The van der Waals surface area contributed by atoms with Crippen molar-refractivity contribution in [3.8, 4) is 0 Å². The summed E-state index contributed by atoms with van der Waals surface area (Å²) in [5.41, 5.74) is 1.46. The lowest BCUT2D eigenvalue weighted by Gasteiger charge is -2.20. The summed E-state index contributed by atoms with van der Waals surface area (Å²) in [7, 11) is 5.12. The maximum absolute atomic E-state index is 11.8. The predicted octanol–water partition coefficient (Wildman–Crippen LogP) is 1.75. The van der Waals surface area contributed by atoms with Crippen LogP contribution in [0.4, 0.5) is 0 Å². The van der Waals surface area contributed by atoms with Gasteiger partial charge in [-0.25, -0.2) is 4.99 Å². The monoisotopic (exact) mass is 410 g/mol. The molecule has 0 atom stereocenters. The molecule has 25 heavy (non-hydrogen) atoms. The Labute approximate surface area is 158 Å². The van der Waals surface area contributed by atoms with Crippen molar-refractivity contribution < 1.29 is 9.53 Å². The molecule has 1 fully saturated rings. The zero-order valence-electron chi connectivity index (χ0n) is 15.1. The number of likely N-dealkylation sites (N-methyl/N-ethyl adjacent to an activating group) is 1. The Hall–Kier alpha value is -1.60. The third kappa shape index (κ3) is 5.71. The Kier molecular flexibility index (Phi) is 7.25. The quantitative estimate of drug-likeness (QED) is 0.389. The summed E-state index contributed by atoms with van der Waals surface area (Å²) in [5, 5.41) is 6.61. The first-order valence-corrected chi connectivity index (χ1v) is 9.24. The molecule has 7 heteroatoms. The van der Waals surface area contributed by atoms with E-state index in [1.807, 2.05) is 6.07 Å². The number of nitrogens with one attached hydrogen (secondary N) is 2. The van der Waals surface area contributed by atoms with E-state index < -0.39 is 0 Å². The number of methoxy groups -OCH3 is 1. The maximum Gasteiger partial charge on any atom is 0.243 e. The van der Waals surface area contributed by atoms with Crippen LogP contribution in [-0.4, -0.2) is 64.2 Å². The second kappa shape index (κ2) is 9.20. The molecule has 0 bridgehead atoms. The number of guanidine groups is 1. The summed E-state index contributed by atoms with van der Waals surface area (Å²) < 4.78 is 6.21. The standard InChI is InChI=1S/C18H27BrN4O2/c1-23(2)16(24)12-21-17(20-10-11-25-3)22-13-18(8-9-18)14-6-4-5-7-15(14)19/h4-7H,8-13H2,1-3H3,(H2,20,21,22). The van der Waals surface area contributed by atoms with Crippen LogP contribution in [0.1, 0.15) is 18.4 Å². The van der Waals surface area contributed by atoms with E-state index >= 15 is 0 Å². The van der Waals surface area contributed by atoms with E-state index in [0.29, 0.717) is 19.1 Å². The first-order chi connectivity index (χ1) is 12.0. The van der Waals surface area contributed by atoms with Gasteiger partial charge in [0, 0.05) is 44.2 Å². The zero-order chi connectivity index (χ0) is 18.3. The molecule has 138 valence electrons. The molecule has 1 saturated carbocycles. The molecular weight excluding hydrogens is 384 g/mol. The highest BCUT2D eigenvalue weighted by Crippen LogP contribution is 2.49. The first-order valence-electron chi connectivity index (χ1n) is 8.45. The van der Waals surface area contributed by atoms with Gasteiger partial charge in [-0.1, -0.05) is 34.1 Å². The van der Waals surface area contributed by atoms with Crippen molar-refractivity contribution in [3.05, 3.63) is 34.3 Å². The van der Waals surface area contributed by atoms with Gasteiger partial charge < -0.3 is 20.3 Å². The van der Waals surface area contributed by atoms with Crippen molar-refractivity contribution in [3.63, 3.8) is 0 Å². The summed E-state index contributed by atoms with van der Waals surface area (Å²) in [6.07, 6.45) is 2.29. The zero-order valence-corrected chi connectivity index (χ0v) is 16.7. The van der Waals surface area contributed by atoms with Crippen LogP contribution in [0.25, 0.3) is 0 Å². The van der Waals surface area contributed by atoms with Gasteiger partial charge in [0.25, 0.3) is 0 Å². The summed E-state index contributed by atoms with van der Waals surface area (Å²) in [6, 6.07) is 8.35. The Morgan fingerprint density at radius 1 is 1.32 bits per heavy atom. The lowest BCUT2D eigenvalue weighted by molar-refractivity contribution is -0.127. The van der Waals surface area contributed by atoms with E-state index in [-0.39, 0.29) is 17.9 Å². The van der Waals surface area contributed by atoms with Crippen LogP contribution in [-0.2, 0) is 14.9 Å². The molecule has 1 aromatic carbocycles. The van der Waals surface area contributed by atoms with Gasteiger partial charge in [-0.2, -0.15) is 0 Å². The molecule has 1 aliphatic rings. The highest BCUT2D eigenvalue weighted by atomic mass is 79.9. The molecule has 0 aromatic heterocycles. The normalized spacial score (nSPS) is 15.6. The number of halogens is 1. The van der Waals surface area contributed by atoms with Gasteiger partial charge in [-0.15, -0.1) is 0 Å². The smallest absolute Gasteiger partial charge is 0.243 e. The van der Waals surface area contributed by atoms with E-state index in [4.69, 9.17) is 4.74 Å². The molecule has 2 rings (SSSR count). The fraction of sp³-hybridized carbons (Fsp3) is 0.556. The van der Waals surface area contributed by atoms with Crippen LogP contribution >= 0.6 is 15.9 Å². The highest BCUT2D eigenvalue weighted by molar-refractivity contribution is 9.10. The number of amides is 1. The van der Waals surface area contributed by atoms with Gasteiger partial charge in [0.1, 0.15) is 6.54 Å². The van der Waals surface area contributed by atoms with Gasteiger partial charge in [0.15, 0.2) is 5.96 Å². The van der Waals surface area contributed by atoms with Crippen molar-refractivity contribution in [1.29, 1.82) is 0 Å². The molecule has 0 saturated heterocycles. The molecule has 0 radical (unpaired) electrons. The Morgan fingerprint density at radius 2 is 2.04 bits per heavy atom. The number of aliphatic imine (C=N–C) groups is 1. The minimum Gasteiger partial charge on any atom is -0.383 e. The number of hydrogen-bond acceptors (Lipinski definition) is 3. The van der Waals surface area contributed by atoms with Gasteiger partial charge in [-0.3, -0.25) is 4.79 Å². The number of carbonyl (C=O) groups excluding carboxylic acids is 1. The van der Waals surface area contributed by atoms with Crippen molar-refractivity contribution >= 4 is 27.8 Å². The van der Waals surface area contributed by atoms with E-state index in [0.717, 1.165) is 23.9 Å². The minimum atomic E-state index is -0.0280. The van der Waals surface area contributed by atoms with Crippen LogP contribution in [0.15, 0.2) is 33.7 Å². The molecule has 0 spiro atoms. The summed E-state index contributed by atoms with van der Waals surface area (Å²) in [5.74, 6) is 0.616. The molecule has 1 aliphatic carbocycles. The molecule has 1 amide bonds. The minimum absolute atomic E-state index is 0.0280. The van der Waals surface area contributed by atoms with E-state index in [2.05, 4.69) is 49.8 Å². The number of nitrogens with zero attached hydrogens (tertiary/aromatic N) is 2. The van der Waals surface area contributed by atoms with Gasteiger partial charge in [0.05, 0.1) is 6.61 Å². The van der Waals surface area contributed by atoms with Gasteiger partial charge in [0.2, 0.25) is 5.91 Å². The van der Waals surface area contributed by atoms with Crippen LogP contribution in [0, 0.1) is 0 Å². The van der Waals surface area contributed by atoms with Crippen molar-refractivity contribution in [2.75, 3.05) is 47.4 Å². The Morgan fingerprint density at radius 3 is 2.64 bits per heavy atom. The van der Waals surface area contributed by atoms with Crippen LogP contribution < -0.4 is 10.6 Å². The SMILES string of the molecule is COCCNC(=NCC(=O)N(C)C)NCC1(c2ccccc2Br)CC1. The Bertz CT molecular complexity index is 615. The second-order valence-electron chi connectivity index (χ2n) is 6.49. The highest BCUT2D eigenvalue weighted by Gasteiger charge is 2.45. The average molecular weight is 411 g/mol. The number of ether oxygens (including phenoxy) is 1.